The summed E-state index contributed by atoms with van der Waals surface area (Å²) < 4.78 is 33.7. The van der Waals surface area contributed by atoms with Gasteiger partial charge in [-0.15, -0.1) is 0 Å². The normalized spacial score (nSPS) is 17.5. The van der Waals surface area contributed by atoms with Gasteiger partial charge in [0.2, 0.25) is 10.0 Å². The Kier molecular flexibility index (Phi) is 3.70. The van der Waals surface area contributed by atoms with Crippen LogP contribution in [0.3, 0.4) is 0 Å². The number of hydrogen-bond acceptors (Lipinski definition) is 7. The smallest absolute Gasteiger partial charge is 0.249 e. The summed E-state index contributed by atoms with van der Waals surface area (Å²) in [6.45, 7) is 0.864. The first-order valence-corrected chi connectivity index (χ1v) is 8.49. The molecule has 0 saturated carbocycles. The lowest BCUT2D eigenvalue weighted by molar-refractivity contribution is 0.0997. The van der Waals surface area contributed by atoms with E-state index in [1.54, 1.807) is 0 Å². The quantitative estimate of drug-likeness (QED) is 0.870. The van der Waals surface area contributed by atoms with Gasteiger partial charge in [-0.3, -0.25) is 0 Å². The molecule has 112 valence electrons. The van der Waals surface area contributed by atoms with Crippen molar-refractivity contribution in [3.8, 4) is 11.5 Å². The summed E-state index contributed by atoms with van der Waals surface area (Å²) >= 11 is 0.982. The van der Waals surface area contributed by atoms with Crippen molar-refractivity contribution in [3.05, 3.63) is 30.5 Å². The standard InChI is InChI=1S/C12H13N3O4S2/c13-21(16,17)11-6-15-12(20-11)14-5-8-7-18-9-3-1-2-4-10(9)19-8/h1-4,6,8H,5,7H2,(H,14,15)(H2,13,16,17)/t8-/m0/s1. The van der Waals surface area contributed by atoms with Gasteiger partial charge in [0, 0.05) is 0 Å². The molecule has 0 fully saturated rings. The van der Waals surface area contributed by atoms with E-state index in [0.717, 1.165) is 17.1 Å². The van der Waals surface area contributed by atoms with Crippen molar-refractivity contribution in [2.75, 3.05) is 18.5 Å². The molecular weight excluding hydrogens is 314 g/mol. The van der Waals surface area contributed by atoms with E-state index in [0.29, 0.717) is 24.0 Å². The van der Waals surface area contributed by atoms with Crippen molar-refractivity contribution in [1.82, 2.24) is 4.98 Å². The zero-order valence-electron chi connectivity index (χ0n) is 10.9. The first kappa shape index (κ1) is 14.1. The monoisotopic (exact) mass is 327 g/mol. The largest absolute Gasteiger partial charge is 0.486 e. The van der Waals surface area contributed by atoms with Crippen LogP contribution in [0.5, 0.6) is 11.5 Å². The molecule has 1 aliphatic heterocycles. The van der Waals surface area contributed by atoms with Crippen molar-refractivity contribution in [3.63, 3.8) is 0 Å². The van der Waals surface area contributed by atoms with E-state index in [9.17, 15) is 8.42 Å². The predicted molar refractivity (Wildman–Crippen MR) is 78.3 cm³/mol. The van der Waals surface area contributed by atoms with E-state index in [1.807, 2.05) is 24.3 Å². The third-order valence-electron chi connectivity index (χ3n) is 2.81. The fourth-order valence-electron chi connectivity index (χ4n) is 1.84. The number of hydrogen-bond donors (Lipinski definition) is 2. The van der Waals surface area contributed by atoms with E-state index in [-0.39, 0.29) is 10.3 Å². The molecule has 1 aromatic carbocycles. The molecule has 0 unspecified atom stereocenters. The summed E-state index contributed by atoms with van der Waals surface area (Å²) in [4.78, 5) is 3.96. The maximum absolute atomic E-state index is 11.2. The summed E-state index contributed by atoms with van der Waals surface area (Å²) in [5.74, 6) is 1.42. The van der Waals surface area contributed by atoms with E-state index >= 15 is 0 Å². The second-order valence-corrected chi connectivity index (χ2v) is 7.23. The highest BCUT2D eigenvalue weighted by atomic mass is 32.2. The summed E-state index contributed by atoms with van der Waals surface area (Å²) in [5.41, 5.74) is 0. The van der Waals surface area contributed by atoms with Crippen molar-refractivity contribution < 1.29 is 17.9 Å². The van der Waals surface area contributed by atoms with Gasteiger partial charge in [-0.2, -0.15) is 0 Å². The summed E-state index contributed by atoms with van der Waals surface area (Å²) in [5, 5.41) is 8.53. The molecule has 1 aromatic heterocycles. The van der Waals surface area contributed by atoms with Crippen LogP contribution < -0.4 is 19.9 Å². The van der Waals surface area contributed by atoms with Crippen LogP contribution in [-0.4, -0.2) is 32.7 Å². The number of nitrogens with two attached hydrogens (primary N) is 1. The van der Waals surface area contributed by atoms with Gasteiger partial charge in [0.1, 0.15) is 12.7 Å². The number of primary sulfonamides is 1. The lowest BCUT2D eigenvalue weighted by atomic mass is 10.2. The third kappa shape index (κ3) is 3.26. The molecule has 0 spiro atoms. The molecule has 0 aliphatic carbocycles. The number of anilines is 1. The fourth-order valence-corrected chi connectivity index (χ4v) is 3.30. The number of fused-ring (bicyclic) bond motifs is 1. The van der Waals surface area contributed by atoms with Crippen LogP contribution in [0.2, 0.25) is 0 Å². The number of ether oxygens (including phenoxy) is 2. The lowest BCUT2D eigenvalue weighted by Gasteiger charge is -2.26. The first-order chi connectivity index (χ1) is 10.0. The van der Waals surface area contributed by atoms with Gasteiger partial charge in [-0.05, 0) is 12.1 Å². The number of sulfonamides is 1. The van der Waals surface area contributed by atoms with Crippen LogP contribution in [0.25, 0.3) is 0 Å². The van der Waals surface area contributed by atoms with Crippen LogP contribution >= 0.6 is 11.3 Å². The van der Waals surface area contributed by atoms with E-state index in [1.165, 1.54) is 6.20 Å². The molecule has 2 aromatic rings. The number of thiazole rings is 1. The van der Waals surface area contributed by atoms with Gasteiger partial charge in [0.05, 0.1) is 12.7 Å². The van der Waals surface area contributed by atoms with Crippen LogP contribution in [-0.2, 0) is 10.0 Å². The topological polar surface area (TPSA) is 104 Å². The highest BCUT2D eigenvalue weighted by molar-refractivity contribution is 7.91. The van der Waals surface area contributed by atoms with E-state index < -0.39 is 10.0 Å². The highest BCUT2D eigenvalue weighted by Crippen LogP contribution is 2.31. The number of aromatic nitrogens is 1. The number of para-hydroxylation sites is 2. The number of rotatable bonds is 4. The Hall–Kier alpha value is -1.84. The van der Waals surface area contributed by atoms with Crippen molar-refractivity contribution >= 4 is 26.5 Å². The van der Waals surface area contributed by atoms with Crippen molar-refractivity contribution in [2.24, 2.45) is 5.14 Å². The van der Waals surface area contributed by atoms with Gasteiger partial charge >= 0.3 is 0 Å². The molecule has 2 heterocycles. The molecule has 7 nitrogen and oxygen atoms in total. The molecule has 3 N–H and O–H groups in total. The molecule has 0 radical (unpaired) electrons. The molecule has 1 aliphatic rings. The van der Waals surface area contributed by atoms with Crippen LogP contribution in [0.15, 0.2) is 34.7 Å². The number of nitrogens with zero attached hydrogens (tertiary/aromatic N) is 1. The summed E-state index contributed by atoms with van der Waals surface area (Å²) in [7, 11) is -3.71. The Morgan fingerprint density at radius 1 is 1.38 bits per heavy atom. The molecule has 0 amide bonds. The molecule has 21 heavy (non-hydrogen) atoms. The first-order valence-electron chi connectivity index (χ1n) is 6.13. The molecule has 9 heteroatoms. The molecule has 3 rings (SSSR count). The average molecular weight is 327 g/mol. The van der Waals surface area contributed by atoms with Crippen LogP contribution in [0.4, 0.5) is 5.13 Å². The van der Waals surface area contributed by atoms with Crippen LogP contribution in [0, 0.1) is 0 Å². The SMILES string of the molecule is NS(=O)(=O)c1cnc(NC[C@H]2COc3ccccc3O2)s1. The lowest BCUT2D eigenvalue weighted by Crippen LogP contribution is -2.35. The maximum Gasteiger partial charge on any atom is 0.249 e. The minimum Gasteiger partial charge on any atom is -0.486 e. The third-order valence-corrected chi connectivity index (χ3v) is 5.18. The van der Waals surface area contributed by atoms with Gasteiger partial charge in [0.15, 0.2) is 20.8 Å². The Morgan fingerprint density at radius 2 is 2.14 bits per heavy atom. The van der Waals surface area contributed by atoms with Crippen molar-refractivity contribution in [2.45, 2.75) is 10.3 Å². The van der Waals surface area contributed by atoms with E-state index in [2.05, 4.69) is 10.3 Å². The zero-order valence-corrected chi connectivity index (χ0v) is 12.5. The Balaban J connectivity index is 1.61. The Labute approximate surface area is 125 Å². The molecule has 1 atom stereocenters. The van der Waals surface area contributed by atoms with Gasteiger partial charge in [0.25, 0.3) is 0 Å². The Morgan fingerprint density at radius 3 is 2.86 bits per heavy atom. The Bertz CT molecular complexity index is 744. The number of nitrogens with one attached hydrogen (secondary N) is 1. The van der Waals surface area contributed by atoms with Gasteiger partial charge in [-0.1, -0.05) is 23.5 Å². The summed E-state index contributed by atoms with van der Waals surface area (Å²) in [6.07, 6.45) is 1.05. The average Bonchev–Trinajstić information content (AvgIpc) is 2.94. The minimum atomic E-state index is -3.71. The minimum absolute atomic E-state index is 0.0242. The maximum atomic E-state index is 11.2. The second kappa shape index (κ2) is 5.51. The highest BCUT2D eigenvalue weighted by Gasteiger charge is 2.21. The fraction of sp³-hybridized carbons (Fsp3) is 0.250. The number of benzene rings is 1. The molecular formula is C12H13N3O4S2. The van der Waals surface area contributed by atoms with E-state index in [4.69, 9.17) is 14.6 Å². The zero-order chi connectivity index (χ0) is 14.9. The van der Waals surface area contributed by atoms with Gasteiger partial charge in [-0.25, -0.2) is 18.5 Å². The molecule has 0 bridgehead atoms. The van der Waals surface area contributed by atoms with Crippen LogP contribution in [0.1, 0.15) is 0 Å². The summed E-state index contributed by atoms with van der Waals surface area (Å²) in [6, 6.07) is 7.44. The predicted octanol–water partition coefficient (Wildman–Crippen LogP) is 1.04. The second-order valence-electron chi connectivity index (χ2n) is 4.41. The van der Waals surface area contributed by atoms with Crippen molar-refractivity contribution in [1.29, 1.82) is 0 Å². The van der Waals surface area contributed by atoms with Gasteiger partial charge < -0.3 is 14.8 Å². The molecule has 0 saturated heterocycles.